The smallest absolute Gasteiger partial charge is 0.543 e. The number of aliphatic hydroxyl groups excluding tert-OH is 1. The van der Waals surface area contributed by atoms with E-state index in [0.29, 0.717) is 5.56 Å². The Bertz CT molecular complexity index is 894. The molecule has 3 rings (SSSR count). The van der Waals surface area contributed by atoms with Crippen molar-refractivity contribution in [3.8, 4) is 0 Å². The van der Waals surface area contributed by atoms with Crippen LogP contribution in [0, 0.1) is 12.8 Å². The van der Waals surface area contributed by atoms with Crippen LogP contribution < -0.4 is 34.7 Å². The molecule has 8 nitrogen and oxygen atoms in total. The molecule has 1 saturated heterocycles. The summed E-state index contributed by atoms with van der Waals surface area (Å²) in [6.07, 6.45) is -1.10. The van der Waals surface area contributed by atoms with Crippen LogP contribution in [0.3, 0.4) is 0 Å². The van der Waals surface area contributed by atoms with Crippen molar-refractivity contribution in [1.29, 1.82) is 0 Å². The normalized spacial score (nSPS) is 23.0. The molecule has 0 saturated carbocycles. The Hall–Kier alpha value is -1.39. The summed E-state index contributed by atoms with van der Waals surface area (Å²) in [5, 5.41) is 21.1. The van der Waals surface area contributed by atoms with Crippen LogP contribution in [0.5, 0.6) is 0 Å². The number of benzene rings is 1. The van der Waals surface area contributed by atoms with Crippen LogP contribution in [0.1, 0.15) is 18.9 Å². The van der Waals surface area contributed by atoms with Crippen LogP contribution in [-0.4, -0.2) is 42.4 Å². The number of amides is 1. The Labute approximate surface area is 172 Å². The molecule has 3 atom stereocenters. The second-order valence-electron chi connectivity index (χ2n) is 6.11. The molecule has 2 aliphatic rings. The van der Waals surface area contributed by atoms with E-state index in [1.807, 2.05) is 0 Å². The molecule has 134 valence electrons. The van der Waals surface area contributed by atoms with Crippen molar-refractivity contribution >= 4 is 22.0 Å². The van der Waals surface area contributed by atoms with E-state index >= 15 is 0 Å². The number of fused-ring (bicyclic) bond motifs is 1. The van der Waals surface area contributed by atoms with E-state index in [4.69, 9.17) is 4.18 Å². The fourth-order valence-corrected chi connectivity index (χ4v) is 4.52. The minimum Gasteiger partial charge on any atom is -0.543 e. The van der Waals surface area contributed by atoms with Gasteiger partial charge in [0, 0.05) is 6.42 Å². The first-order valence-electron chi connectivity index (χ1n) is 7.61. The van der Waals surface area contributed by atoms with Gasteiger partial charge in [-0.3, -0.25) is 4.79 Å². The van der Waals surface area contributed by atoms with Gasteiger partial charge in [-0.1, -0.05) is 18.2 Å². The average Bonchev–Trinajstić information content (AvgIpc) is 2.80. The van der Waals surface area contributed by atoms with E-state index in [2.05, 4.69) is 0 Å². The number of carboxylic acid groups (broad SMARTS) is 1. The van der Waals surface area contributed by atoms with Gasteiger partial charge in [0.15, 0.2) is 0 Å². The van der Waals surface area contributed by atoms with Crippen molar-refractivity contribution in [3.63, 3.8) is 0 Å². The molecular weight excluding hydrogens is 373 g/mol. The second kappa shape index (κ2) is 7.32. The number of aryl methyl sites for hydroxylation is 1. The van der Waals surface area contributed by atoms with Gasteiger partial charge in [0.2, 0.25) is 5.91 Å². The van der Waals surface area contributed by atoms with E-state index in [0.717, 1.165) is 4.90 Å². The molecule has 0 radical (unpaired) electrons. The molecule has 1 aromatic carbocycles. The molecule has 0 aromatic heterocycles. The van der Waals surface area contributed by atoms with Gasteiger partial charge in [-0.05, 0) is 25.5 Å². The van der Waals surface area contributed by atoms with Crippen LogP contribution in [0.15, 0.2) is 40.6 Å². The molecule has 26 heavy (non-hydrogen) atoms. The summed E-state index contributed by atoms with van der Waals surface area (Å²) in [6, 6.07) is 5.46. The number of carbonyl (C=O) groups is 2. The number of β-lactam (4-membered cyclic amide) rings is 1. The van der Waals surface area contributed by atoms with Crippen LogP contribution in [0.2, 0.25) is 0 Å². The molecule has 3 unspecified atom stereocenters. The zero-order chi connectivity index (χ0) is 18.5. The monoisotopic (exact) mass is 389 g/mol. The van der Waals surface area contributed by atoms with E-state index < -0.39 is 45.8 Å². The molecule has 0 spiro atoms. The van der Waals surface area contributed by atoms with Gasteiger partial charge in [0.25, 0.3) is 0 Å². The SMILES string of the molecule is Cc1ccccc1S(=O)(=O)OC1=C(C(=O)[O-])N2C(=O)C(C(C)O)C2C1.[Na+]. The predicted octanol–water partition coefficient (Wildman–Crippen LogP) is -3.72. The molecule has 0 bridgehead atoms. The molecule has 1 aromatic rings. The Morgan fingerprint density at radius 1 is 1.38 bits per heavy atom. The fourth-order valence-electron chi connectivity index (χ4n) is 3.31. The number of rotatable bonds is 5. The molecule has 2 aliphatic heterocycles. The Morgan fingerprint density at radius 3 is 2.54 bits per heavy atom. The summed E-state index contributed by atoms with van der Waals surface area (Å²) in [4.78, 5) is 24.3. The first kappa shape index (κ1) is 20.9. The van der Waals surface area contributed by atoms with Crippen LogP contribution in [-0.2, 0) is 23.9 Å². The first-order chi connectivity index (χ1) is 11.6. The zero-order valence-corrected chi connectivity index (χ0v) is 17.3. The molecule has 1 amide bonds. The maximum atomic E-state index is 12.5. The summed E-state index contributed by atoms with van der Waals surface area (Å²) in [5.41, 5.74) is -0.152. The molecule has 2 heterocycles. The number of hydrogen-bond acceptors (Lipinski definition) is 7. The van der Waals surface area contributed by atoms with Gasteiger partial charge < -0.3 is 24.1 Å². The number of aliphatic carboxylic acids is 1. The molecule has 10 heteroatoms. The van der Waals surface area contributed by atoms with E-state index in [9.17, 15) is 28.2 Å². The maximum Gasteiger partial charge on any atom is 1.00 e. The van der Waals surface area contributed by atoms with Gasteiger partial charge >= 0.3 is 39.7 Å². The number of hydrogen-bond donors (Lipinski definition) is 1. The zero-order valence-electron chi connectivity index (χ0n) is 14.5. The Kier molecular flexibility index (Phi) is 5.89. The first-order valence-corrected chi connectivity index (χ1v) is 9.01. The molecule has 0 aliphatic carbocycles. The second-order valence-corrected chi connectivity index (χ2v) is 7.62. The summed E-state index contributed by atoms with van der Waals surface area (Å²) in [5.74, 6) is -3.44. The number of nitrogens with zero attached hydrogens (tertiary/aromatic N) is 1. The summed E-state index contributed by atoms with van der Waals surface area (Å²) >= 11 is 0. The molecule has 1 fully saturated rings. The van der Waals surface area contributed by atoms with Gasteiger partial charge in [0.05, 0.1) is 24.0 Å². The van der Waals surface area contributed by atoms with Gasteiger partial charge in [0.1, 0.15) is 16.4 Å². The van der Waals surface area contributed by atoms with Crippen molar-refractivity contribution in [2.24, 2.45) is 5.92 Å². The average molecular weight is 389 g/mol. The van der Waals surface area contributed by atoms with E-state index in [1.165, 1.54) is 19.1 Å². The Balaban J connectivity index is 0.00000243. The van der Waals surface area contributed by atoms with Gasteiger partial charge in [-0.2, -0.15) is 8.42 Å². The fraction of sp³-hybridized carbons (Fsp3) is 0.375. The third-order valence-corrected chi connectivity index (χ3v) is 5.87. The van der Waals surface area contributed by atoms with Crippen molar-refractivity contribution in [2.45, 2.75) is 37.3 Å². The largest absolute Gasteiger partial charge is 1.00 e. The number of carboxylic acids is 1. The summed E-state index contributed by atoms with van der Waals surface area (Å²) in [7, 11) is -4.26. The summed E-state index contributed by atoms with van der Waals surface area (Å²) in [6.45, 7) is 3.00. The third-order valence-electron chi connectivity index (χ3n) is 4.45. The van der Waals surface area contributed by atoms with Crippen LogP contribution >= 0.6 is 0 Å². The van der Waals surface area contributed by atoms with Crippen molar-refractivity contribution < 1.29 is 62.0 Å². The summed E-state index contributed by atoms with van der Waals surface area (Å²) < 4.78 is 30.0. The minimum atomic E-state index is -4.26. The van der Waals surface area contributed by atoms with E-state index in [-0.39, 0.29) is 46.6 Å². The minimum absolute atomic E-state index is 0. The molecule has 1 N–H and O–H groups in total. The quantitative estimate of drug-likeness (QED) is 0.312. The van der Waals surface area contributed by atoms with Gasteiger partial charge in [-0.15, -0.1) is 0 Å². The van der Waals surface area contributed by atoms with Crippen molar-refractivity contribution in [3.05, 3.63) is 41.3 Å². The molecular formula is C16H16NNaO7S. The van der Waals surface area contributed by atoms with Crippen LogP contribution in [0.25, 0.3) is 0 Å². The topological polar surface area (TPSA) is 124 Å². The standard InChI is InChI=1S/C16H17NO7S.Na/c1-8-5-3-4-6-12(8)25(22,23)24-11-7-10-13(9(2)18)15(19)17(10)14(11)16(20)21;/h3-6,9-10,13,18H,7H2,1-2H3,(H,20,21);/q;+1/p-1. The maximum absolute atomic E-state index is 12.5. The van der Waals surface area contributed by atoms with Crippen molar-refractivity contribution in [1.82, 2.24) is 4.90 Å². The van der Waals surface area contributed by atoms with Crippen molar-refractivity contribution in [2.75, 3.05) is 0 Å². The van der Waals surface area contributed by atoms with Crippen LogP contribution in [0.4, 0.5) is 0 Å². The predicted molar refractivity (Wildman–Crippen MR) is 81.9 cm³/mol. The third kappa shape index (κ3) is 3.29. The number of aliphatic hydroxyl groups is 1. The van der Waals surface area contributed by atoms with Gasteiger partial charge in [-0.25, -0.2) is 0 Å². The van der Waals surface area contributed by atoms with E-state index in [1.54, 1.807) is 19.1 Å². The Morgan fingerprint density at radius 2 is 2.00 bits per heavy atom. The number of carbonyl (C=O) groups excluding carboxylic acids is 2.